The van der Waals surface area contributed by atoms with Crippen molar-refractivity contribution in [1.82, 2.24) is 9.88 Å². The largest absolute Gasteiger partial charge is 0.320 e. The van der Waals surface area contributed by atoms with Gasteiger partial charge in [-0.25, -0.2) is 4.98 Å². The Labute approximate surface area is 118 Å². The zero-order chi connectivity index (χ0) is 14.1. The molecule has 0 unspecified atom stereocenters. The molecule has 1 aliphatic rings. The lowest BCUT2D eigenvalue weighted by Gasteiger charge is -2.10. The quantitative estimate of drug-likeness (QED) is 0.909. The summed E-state index contributed by atoms with van der Waals surface area (Å²) in [6, 6.07) is 11.5. The second kappa shape index (κ2) is 5.06. The average Bonchev–Trinajstić information content (AvgIpc) is 2.80. The Hall–Kier alpha value is -2.20. The molecular formula is C16H17N3O. The number of carbonyl (C=O) groups is 1. The maximum absolute atomic E-state index is 12.3. The van der Waals surface area contributed by atoms with E-state index in [-0.39, 0.29) is 5.91 Å². The molecule has 1 aromatic heterocycles. The van der Waals surface area contributed by atoms with Gasteiger partial charge in [0.15, 0.2) is 0 Å². The molecular weight excluding hydrogens is 250 g/mol. The highest BCUT2D eigenvalue weighted by atomic mass is 16.1. The molecule has 2 aromatic rings. The number of pyridine rings is 1. The Morgan fingerprint density at radius 3 is 2.80 bits per heavy atom. The zero-order valence-electron chi connectivity index (χ0n) is 11.7. The van der Waals surface area contributed by atoms with Gasteiger partial charge < -0.3 is 5.32 Å². The molecule has 20 heavy (non-hydrogen) atoms. The summed E-state index contributed by atoms with van der Waals surface area (Å²) in [4.78, 5) is 18.7. The maximum atomic E-state index is 12.3. The number of anilines is 1. The number of aromatic nitrogens is 1. The van der Waals surface area contributed by atoms with Crippen molar-refractivity contribution >= 4 is 11.6 Å². The van der Waals surface area contributed by atoms with E-state index < -0.39 is 0 Å². The van der Waals surface area contributed by atoms with Crippen molar-refractivity contribution in [2.24, 2.45) is 0 Å². The number of carbonyl (C=O) groups excluding carboxylic acids is 1. The van der Waals surface area contributed by atoms with Gasteiger partial charge in [-0.3, -0.25) is 9.69 Å². The van der Waals surface area contributed by atoms with Crippen molar-refractivity contribution in [3.63, 3.8) is 0 Å². The summed E-state index contributed by atoms with van der Waals surface area (Å²) in [5.41, 5.74) is 4.67. The van der Waals surface area contributed by atoms with Crippen LogP contribution in [0.2, 0.25) is 0 Å². The van der Waals surface area contributed by atoms with Gasteiger partial charge in [-0.2, -0.15) is 0 Å². The highest BCUT2D eigenvalue weighted by Crippen LogP contribution is 2.28. The molecule has 0 bridgehead atoms. The van der Waals surface area contributed by atoms with E-state index in [9.17, 15) is 4.79 Å². The van der Waals surface area contributed by atoms with E-state index in [1.807, 2.05) is 31.2 Å². The fourth-order valence-corrected chi connectivity index (χ4v) is 2.56. The summed E-state index contributed by atoms with van der Waals surface area (Å²) in [5.74, 6) is -0.156. The van der Waals surface area contributed by atoms with Gasteiger partial charge in [0.1, 0.15) is 5.69 Å². The minimum Gasteiger partial charge on any atom is -0.320 e. The molecule has 0 fully saturated rings. The van der Waals surface area contributed by atoms with Crippen molar-refractivity contribution < 1.29 is 4.79 Å². The lowest BCUT2D eigenvalue weighted by atomic mass is 10.1. The molecule has 0 saturated heterocycles. The summed E-state index contributed by atoms with van der Waals surface area (Å²) in [6.07, 6.45) is 0. The molecule has 1 aliphatic heterocycles. The van der Waals surface area contributed by atoms with Crippen LogP contribution in [0.3, 0.4) is 0 Å². The van der Waals surface area contributed by atoms with E-state index in [2.05, 4.69) is 28.3 Å². The van der Waals surface area contributed by atoms with E-state index in [0.29, 0.717) is 5.69 Å². The van der Waals surface area contributed by atoms with Gasteiger partial charge >= 0.3 is 0 Å². The highest BCUT2D eigenvalue weighted by Gasteiger charge is 2.19. The number of rotatable bonds is 2. The first-order valence-electron chi connectivity index (χ1n) is 6.68. The van der Waals surface area contributed by atoms with E-state index in [1.165, 1.54) is 11.1 Å². The maximum Gasteiger partial charge on any atom is 0.274 e. The summed E-state index contributed by atoms with van der Waals surface area (Å²) in [7, 11) is 2.08. The normalized spacial score (nSPS) is 14.1. The van der Waals surface area contributed by atoms with Crippen molar-refractivity contribution in [3.05, 3.63) is 58.9 Å². The third kappa shape index (κ3) is 2.42. The van der Waals surface area contributed by atoms with Crippen LogP contribution in [0, 0.1) is 6.92 Å². The van der Waals surface area contributed by atoms with Crippen molar-refractivity contribution in [3.8, 4) is 0 Å². The molecule has 102 valence electrons. The Morgan fingerprint density at radius 1 is 1.20 bits per heavy atom. The van der Waals surface area contributed by atoms with Crippen LogP contribution in [-0.4, -0.2) is 22.8 Å². The first-order chi connectivity index (χ1) is 9.63. The van der Waals surface area contributed by atoms with Gasteiger partial charge in [-0.15, -0.1) is 0 Å². The van der Waals surface area contributed by atoms with Crippen molar-refractivity contribution in [2.75, 3.05) is 12.4 Å². The zero-order valence-corrected chi connectivity index (χ0v) is 11.7. The van der Waals surface area contributed by atoms with Gasteiger partial charge in [0.05, 0.1) is 0 Å². The molecule has 4 heteroatoms. The average molecular weight is 267 g/mol. The van der Waals surface area contributed by atoms with Crippen molar-refractivity contribution in [1.29, 1.82) is 0 Å². The molecule has 1 amide bonds. The Kier molecular flexibility index (Phi) is 3.24. The minimum absolute atomic E-state index is 0.156. The van der Waals surface area contributed by atoms with Crippen LogP contribution >= 0.6 is 0 Å². The van der Waals surface area contributed by atoms with E-state index in [4.69, 9.17) is 0 Å². The second-order valence-electron chi connectivity index (χ2n) is 5.23. The molecule has 0 aliphatic carbocycles. The second-order valence-corrected chi connectivity index (χ2v) is 5.23. The lowest BCUT2D eigenvalue weighted by molar-refractivity contribution is 0.102. The van der Waals surface area contributed by atoms with E-state index in [1.54, 1.807) is 6.07 Å². The summed E-state index contributed by atoms with van der Waals surface area (Å²) >= 11 is 0. The van der Waals surface area contributed by atoms with Crippen LogP contribution in [0.15, 0.2) is 36.4 Å². The van der Waals surface area contributed by atoms with Gasteiger partial charge in [0.2, 0.25) is 0 Å². The number of nitrogens with one attached hydrogen (secondary N) is 1. The Balaban J connectivity index is 1.86. The fraction of sp³-hybridized carbons (Fsp3) is 0.250. The van der Waals surface area contributed by atoms with Gasteiger partial charge in [-0.1, -0.05) is 18.2 Å². The molecule has 0 saturated carbocycles. The number of aryl methyl sites for hydroxylation is 1. The Bertz CT molecular complexity index is 667. The third-order valence-corrected chi connectivity index (χ3v) is 3.51. The summed E-state index contributed by atoms with van der Waals surface area (Å²) in [6.45, 7) is 3.68. The van der Waals surface area contributed by atoms with Gasteiger partial charge in [0, 0.05) is 24.5 Å². The number of benzene rings is 1. The van der Waals surface area contributed by atoms with Crippen molar-refractivity contribution in [2.45, 2.75) is 20.0 Å². The number of nitrogens with zero attached hydrogens (tertiary/aromatic N) is 2. The first kappa shape index (κ1) is 12.8. The minimum atomic E-state index is -0.156. The third-order valence-electron chi connectivity index (χ3n) is 3.51. The smallest absolute Gasteiger partial charge is 0.274 e. The van der Waals surface area contributed by atoms with Crippen LogP contribution in [0.25, 0.3) is 0 Å². The molecule has 4 nitrogen and oxygen atoms in total. The topological polar surface area (TPSA) is 45.2 Å². The first-order valence-corrected chi connectivity index (χ1v) is 6.68. The monoisotopic (exact) mass is 267 g/mol. The number of fused-ring (bicyclic) bond motifs is 1. The molecule has 0 spiro atoms. The highest BCUT2D eigenvalue weighted by molar-refractivity contribution is 6.03. The SMILES string of the molecule is Cc1cccc(C(=O)Nc2cccc3c2CN(C)C3)n1. The summed E-state index contributed by atoms with van der Waals surface area (Å²) < 4.78 is 0. The number of amides is 1. The fourth-order valence-electron chi connectivity index (χ4n) is 2.56. The van der Waals surface area contributed by atoms with Crippen LogP contribution in [0.4, 0.5) is 5.69 Å². The number of hydrogen-bond acceptors (Lipinski definition) is 3. The molecule has 0 atom stereocenters. The Morgan fingerprint density at radius 2 is 2.00 bits per heavy atom. The number of hydrogen-bond donors (Lipinski definition) is 1. The van der Waals surface area contributed by atoms with E-state index >= 15 is 0 Å². The summed E-state index contributed by atoms with van der Waals surface area (Å²) in [5, 5.41) is 2.98. The van der Waals surface area contributed by atoms with Gasteiger partial charge in [0.25, 0.3) is 5.91 Å². The molecule has 0 radical (unpaired) electrons. The van der Waals surface area contributed by atoms with Gasteiger partial charge in [-0.05, 0) is 43.3 Å². The lowest BCUT2D eigenvalue weighted by Crippen LogP contribution is -2.15. The predicted molar refractivity (Wildman–Crippen MR) is 78.5 cm³/mol. The van der Waals surface area contributed by atoms with Crippen LogP contribution < -0.4 is 5.32 Å². The standard InChI is InChI=1S/C16H17N3O/c1-11-5-3-8-15(17-11)16(20)18-14-7-4-6-12-9-19(2)10-13(12)14/h3-8H,9-10H2,1-2H3,(H,18,20). The van der Waals surface area contributed by atoms with Crippen LogP contribution in [-0.2, 0) is 13.1 Å². The molecule has 3 rings (SSSR count). The van der Waals surface area contributed by atoms with Crippen LogP contribution in [0.1, 0.15) is 27.3 Å². The van der Waals surface area contributed by atoms with Crippen LogP contribution in [0.5, 0.6) is 0 Å². The molecule has 2 heterocycles. The predicted octanol–water partition coefficient (Wildman–Crippen LogP) is 2.59. The van der Waals surface area contributed by atoms with E-state index in [0.717, 1.165) is 24.5 Å². The molecule has 1 N–H and O–H groups in total. The molecule has 1 aromatic carbocycles.